The van der Waals surface area contributed by atoms with Crippen molar-refractivity contribution in [1.82, 2.24) is 0 Å². The Labute approximate surface area is 214 Å². The van der Waals surface area contributed by atoms with Gasteiger partial charge in [0.25, 0.3) is 0 Å². The maximum absolute atomic E-state index is 13.1. The number of carbonyl (C=O) groups is 1. The number of hydrogen-bond donors (Lipinski definition) is 1. The number of amides is 1. The lowest BCUT2D eigenvalue weighted by Gasteiger charge is -2.18. The van der Waals surface area contributed by atoms with Crippen molar-refractivity contribution in [2.45, 2.75) is 29.6 Å². The lowest BCUT2D eigenvalue weighted by atomic mass is 9.99. The van der Waals surface area contributed by atoms with Crippen LogP contribution in [0.1, 0.15) is 25.3 Å². The molecule has 3 aromatic rings. The summed E-state index contributed by atoms with van der Waals surface area (Å²) in [6.45, 7) is 4.51. The zero-order valence-corrected chi connectivity index (χ0v) is 22.0. The second kappa shape index (κ2) is 12.7. The fourth-order valence-corrected chi connectivity index (χ4v) is 5.52. The lowest BCUT2D eigenvalue weighted by Crippen LogP contribution is -2.24. The molecular formula is C26H27Cl2NO2S2. The Hall–Kier alpha value is -1.63. The van der Waals surface area contributed by atoms with Gasteiger partial charge < -0.3 is 10.1 Å². The van der Waals surface area contributed by atoms with Crippen LogP contribution in [0.2, 0.25) is 10.0 Å². The van der Waals surface area contributed by atoms with Gasteiger partial charge in [0.15, 0.2) is 0 Å². The second-order valence-corrected chi connectivity index (χ2v) is 10.8. The number of carbonyl (C=O) groups excluding carboxylic acids is 1. The minimum Gasteiger partial charge on any atom is -0.384 e. The molecule has 1 unspecified atom stereocenters. The summed E-state index contributed by atoms with van der Waals surface area (Å²) in [7, 11) is 1.59. The summed E-state index contributed by atoms with van der Waals surface area (Å²) in [5.74, 6) is 1.40. The van der Waals surface area contributed by atoms with Gasteiger partial charge in [0.2, 0.25) is 5.91 Å². The van der Waals surface area contributed by atoms with Crippen molar-refractivity contribution in [2.75, 3.05) is 30.5 Å². The monoisotopic (exact) mass is 519 g/mol. The van der Waals surface area contributed by atoms with Crippen molar-refractivity contribution in [1.29, 1.82) is 0 Å². The molecule has 0 aliphatic rings. The van der Waals surface area contributed by atoms with Crippen LogP contribution in [0, 0.1) is 0 Å². The molecular weight excluding hydrogens is 493 g/mol. The van der Waals surface area contributed by atoms with Crippen LogP contribution in [-0.2, 0) is 9.53 Å². The van der Waals surface area contributed by atoms with Gasteiger partial charge in [0, 0.05) is 28.2 Å². The molecule has 1 N–H and O–H groups in total. The predicted molar refractivity (Wildman–Crippen MR) is 144 cm³/mol. The van der Waals surface area contributed by atoms with E-state index >= 15 is 0 Å². The predicted octanol–water partition coefficient (Wildman–Crippen LogP) is 8.25. The van der Waals surface area contributed by atoms with Crippen molar-refractivity contribution in [3.05, 3.63) is 76.3 Å². The number of hydrogen-bond acceptors (Lipinski definition) is 4. The van der Waals surface area contributed by atoms with Crippen molar-refractivity contribution in [2.24, 2.45) is 0 Å². The molecule has 1 atom stereocenters. The Morgan fingerprint density at radius 3 is 1.91 bits per heavy atom. The average molecular weight is 521 g/mol. The maximum Gasteiger partial charge on any atom is 0.234 e. The van der Waals surface area contributed by atoms with E-state index in [0.29, 0.717) is 15.7 Å². The summed E-state index contributed by atoms with van der Waals surface area (Å²) >= 11 is 16.7. The summed E-state index contributed by atoms with van der Waals surface area (Å²) in [4.78, 5) is 15.5. The van der Waals surface area contributed by atoms with Gasteiger partial charge in [-0.2, -0.15) is 0 Å². The van der Waals surface area contributed by atoms with E-state index in [1.807, 2.05) is 36.4 Å². The number of halogens is 2. The molecule has 0 spiro atoms. The van der Waals surface area contributed by atoms with Crippen LogP contribution >= 0.6 is 46.7 Å². The SMILES string of the molecule is CCSc1ccc(-c2c(Cl)cc(NC(=O)C(COC)c3ccc(SCC)cc3)cc2Cl)cc1. The highest BCUT2D eigenvalue weighted by molar-refractivity contribution is 7.99. The Kier molecular flexibility index (Phi) is 10.0. The number of methoxy groups -OCH3 is 1. The largest absolute Gasteiger partial charge is 0.384 e. The Bertz CT molecular complexity index is 1050. The highest BCUT2D eigenvalue weighted by atomic mass is 35.5. The molecule has 33 heavy (non-hydrogen) atoms. The van der Waals surface area contributed by atoms with Crippen LogP contribution in [0.15, 0.2) is 70.5 Å². The molecule has 7 heteroatoms. The third-order valence-corrected chi connectivity index (χ3v) is 7.39. The summed E-state index contributed by atoms with van der Waals surface area (Å²) in [5, 5.41) is 3.92. The molecule has 1 amide bonds. The first kappa shape index (κ1) is 26.0. The van der Waals surface area contributed by atoms with Gasteiger partial charge in [-0.25, -0.2) is 0 Å². The van der Waals surface area contributed by atoms with E-state index in [4.69, 9.17) is 27.9 Å². The molecule has 3 rings (SSSR count). The summed E-state index contributed by atoms with van der Waals surface area (Å²) < 4.78 is 5.33. The van der Waals surface area contributed by atoms with E-state index in [-0.39, 0.29) is 12.5 Å². The molecule has 0 radical (unpaired) electrons. The number of ether oxygens (including phenoxy) is 1. The van der Waals surface area contributed by atoms with E-state index in [2.05, 4.69) is 31.3 Å². The van der Waals surface area contributed by atoms with E-state index in [1.54, 1.807) is 42.8 Å². The van der Waals surface area contributed by atoms with E-state index < -0.39 is 5.92 Å². The fourth-order valence-electron chi connectivity index (χ4n) is 3.49. The van der Waals surface area contributed by atoms with Crippen LogP contribution in [0.25, 0.3) is 11.1 Å². The van der Waals surface area contributed by atoms with Gasteiger partial charge in [-0.05, 0) is 59.0 Å². The first-order valence-electron chi connectivity index (χ1n) is 10.7. The van der Waals surface area contributed by atoms with Crippen molar-refractivity contribution in [3.63, 3.8) is 0 Å². The smallest absolute Gasteiger partial charge is 0.234 e. The third-order valence-electron chi connectivity index (χ3n) is 5.01. The first-order chi connectivity index (χ1) is 16.0. The van der Waals surface area contributed by atoms with E-state index in [0.717, 1.165) is 28.2 Å². The van der Waals surface area contributed by atoms with Gasteiger partial charge in [0.05, 0.1) is 22.6 Å². The number of thioether (sulfide) groups is 2. The van der Waals surface area contributed by atoms with E-state index in [1.165, 1.54) is 9.79 Å². The van der Waals surface area contributed by atoms with Gasteiger partial charge in [0.1, 0.15) is 0 Å². The molecule has 0 fully saturated rings. The lowest BCUT2D eigenvalue weighted by molar-refractivity contribution is -0.118. The molecule has 0 saturated heterocycles. The summed E-state index contributed by atoms with van der Waals surface area (Å²) in [5.41, 5.74) is 3.14. The maximum atomic E-state index is 13.1. The first-order valence-corrected chi connectivity index (χ1v) is 13.4. The molecule has 174 valence electrons. The Balaban J connectivity index is 1.80. The number of rotatable bonds is 10. The van der Waals surface area contributed by atoms with Gasteiger partial charge in [-0.15, -0.1) is 23.5 Å². The van der Waals surface area contributed by atoms with Gasteiger partial charge in [-0.3, -0.25) is 4.79 Å². The van der Waals surface area contributed by atoms with Gasteiger partial charge >= 0.3 is 0 Å². The number of anilines is 1. The zero-order valence-electron chi connectivity index (χ0n) is 18.9. The normalized spacial score (nSPS) is 11.9. The zero-order chi connectivity index (χ0) is 23.8. The number of benzene rings is 3. The van der Waals surface area contributed by atoms with Crippen LogP contribution in [0.5, 0.6) is 0 Å². The van der Waals surface area contributed by atoms with Crippen LogP contribution in [0.4, 0.5) is 5.69 Å². The molecule has 3 aromatic carbocycles. The Morgan fingerprint density at radius 2 is 1.42 bits per heavy atom. The average Bonchev–Trinajstić information content (AvgIpc) is 2.79. The van der Waals surface area contributed by atoms with Crippen molar-refractivity contribution < 1.29 is 9.53 Å². The molecule has 0 aromatic heterocycles. The molecule has 0 aliphatic heterocycles. The number of nitrogens with one attached hydrogen (secondary N) is 1. The molecule has 0 bridgehead atoms. The molecule has 0 heterocycles. The van der Waals surface area contributed by atoms with Crippen LogP contribution < -0.4 is 5.32 Å². The molecule has 0 aliphatic carbocycles. The minimum absolute atomic E-state index is 0.173. The quantitative estimate of drug-likeness (QED) is 0.273. The second-order valence-electron chi connectivity index (χ2n) is 7.27. The van der Waals surface area contributed by atoms with Crippen molar-refractivity contribution in [3.8, 4) is 11.1 Å². The van der Waals surface area contributed by atoms with Crippen molar-refractivity contribution >= 4 is 58.3 Å². The van der Waals surface area contributed by atoms with Gasteiger partial charge in [-0.1, -0.05) is 61.3 Å². The summed E-state index contributed by atoms with van der Waals surface area (Å²) in [6, 6.07) is 19.6. The molecule has 3 nitrogen and oxygen atoms in total. The topological polar surface area (TPSA) is 38.3 Å². The van der Waals surface area contributed by atoms with Crippen LogP contribution in [0.3, 0.4) is 0 Å². The van der Waals surface area contributed by atoms with E-state index in [9.17, 15) is 4.79 Å². The summed E-state index contributed by atoms with van der Waals surface area (Å²) in [6.07, 6.45) is 0. The standard InChI is InChI=1S/C26H27Cl2NO2S2/c1-4-32-20-10-6-17(7-11-20)22(16-31-3)26(30)29-19-14-23(27)25(24(28)15-19)18-8-12-21(13-9-18)33-5-2/h6-15,22H,4-5,16H2,1-3H3,(H,29,30). The highest BCUT2D eigenvalue weighted by Gasteiger charge is 2.22. The van der Waals surface area contributed by atoms with Crippen LogP contribution in [-0.4, -0.2) is 31.1 Å². The highest BCUT2D eigenvalue weighted by Crippen LogP contribution is 2.38. The Morgan fingerprint density at radius 1 is 0.909 bits per heavy atom. The molecule has 0 saturated carbocycles. The third kappa shape index (κ3) is 6.93. The fraction of sp³-hybridized carbons (Fsp3) is 0.269. The minimum atomic E-state index is -0.448.